The maximum atomic E-state index is 10.7. The highest BCUT2D eigenvalue weighted by Crippen LogP contribution is 2.25. The predicted molar refractivity (Wildman–Crippen MR) is 81.7 cm³/mol. The lowest BCUT2D eigenvalue weighted by atomic mass is 10.2. The number of hydrogen-bond donors (Lipinski definition) is 2. The Bertz CT molecular complexity index is 821. The number of para-hydroxylation sites is 1. The van der Waals surface area contributed by atoms with E-state index in [0.717, 1.165) is 21.1 Å². The van der Waals surface area contributed by atoms with E-state index in [-0.39, 0.29) is 5.69 Å². The average molecular weight is 345 g/mol. The van der Waals surface area contributed by atoms with Gasteiger partial charge in [-0.1, -0.05) is 12.1 Å². The van der Waals surface area contributed by atoms with Crippen LogP contribution in [0, 0.1) is 0 Å². The summed E-state index contributed by atoms with van der Waals surface area (Å²) < 4.78 is 0.901. The maximum Gasteiger partial charge on any atom is 0.356 e. The summed E-state index contributed by atoms with van der Waals surface area (Å²) in [7, 11) is 0. The molecular formula is C14H9BrN4O2. The number of carboxylic acids is 1. The first-order valence-electron chi connectivity index (χ1n) is 6.00. The molecule has 0 spiro atoms. The van der Waals surface area contributed by atoms with Crippen LogP contribution in [0.2, 0.25) is 0 Å². The lowest BCUT2D eigenvalue weighted by molar-refractivity contribution is 0.0690. The quantitative estimate of drug-likeness (QED) is 0.758. The summed E-state index contributed by atoms with van der Waals surface area (Å²) in [5.41, 5.74) is 1.47. The summed E-state index contributed by atoms with van der Waals surface area (Å²) in [6.45, 7) is 0. The van der Waals surface area contributed by atoms with Gasteiger partial charge in [0.15, 0.2) is 5.69 Å². The van der Waals surface area contributed by atoms with Crippen LogP contribution in [0.4, 0.5) is 11.5 Å². The van der Waals surface area contributed by atoms with E-state index in [9.17, 15) is 4.79 Å². The van der Waals surface area contributed by atoms with Gasteiger partial charge >= 0.3 is 5.97 Å². The van der Waals surface area contributed by atoms with Crippen molar-refractivity contribution < 1.29 is 9.90 Å². The smallest absolute Gasteiger partial charge is 0.356 e. The van der Waals surface area contributed by atoms with E-state index in [1.54, 1.807) is 6.20 Å². The third-order valence-corrected chi connectivity index (χ3v) is 3.24. The van der Waals surface area contributed by atoms with Crippen molar-refractivity contribution in [2.75, 3.05) is 5.32 Å². The first kappa shape index (κ1) is 13.4. The average Bonchev–Trinajstić information content (AvgIpc) is 2.47. The lowest BCUT2D eigenvalue weighted by Gasteiger charge is -2.08. The summed E-state index contributed by atoms with van der Waals surface area (Å²) in [4.78, 5) is 23.0. The van der Waals surface area contributed by atoms with Crippen LogP contribution in [-0.2, 0) is 0 Å². The minimum atomic E-state index is -1.11. The molecule has 0 atom stereocenters. The highest BCUT2D eigenvalue weighted by molar-refractivity contribution is 9.10. The van der Waals surface area contributed by atoms with E-state index in [0.29, 0.717) is 5.82 Å². The zero-order valence-corrected chi connectivity index (χ0v) is 12.2. The zero-order chi connectivity index (χ0) is 14.8. The zero-order valence-electron chi connectivity index (χ0n) is 10.6. The number of aromatic nitrogens is 3. The van der Waals surface area contributed by atoms with E-state index in [2.05, 4.69) is 36.2 Å². The van der Waals surface area contributed by atoms with E-state index in [4.69, 9.17) is 5.11 Å². The van der Waals surface area contributed by atoms with E-state index in [1.165, 1.54) is 12.4 Å². The van der Waals surface area contributed by atoms with Gasteiger partial charge in [-0.3, -0.25) is 4.98 Å². The number of fused-ring (bicyclic) bond motifs is 1. The molecule has 3 rings (SSSR count). The monoisotopic (exact) mass is 344 g/mol. The van der Waals surface area contributed by atoms with Crippen LogP contribution in [-0.4, -0.2) is 26.0 Å². The number of aromatic carboxylic acids is 1. The Morgan fingerprint density at radius 3 is 2.71 bits per heavy atom. The van der Waals surface area contributed by atoms with Crippen LogP contribution >= 0.6 is 15.9 Å². The minimum Gasteiger partial charge on any atom is -0.476 e. The highest BCUT2D eigenvalue weighted by atomic mass is 79.9. The fourth-order valence-corrected chi connectivity index (χ4v) is 2.22. The van der Waals surface area contributed by atoms with Crippen LogP contribution in [0.15, 0.2) is 47.3 Å². The van der Waals surface area contributed by atoms with E-state index >= 15 is 0 Å². The molecule has 0 aliphatic rings. The molecule has 2 heterocycles. The fraction of sp³-hybridized carbons (Fsp3) is 0. The molecule has 0 saturated heterocycles. The van der Waals surface area contributed by atoms with Crippen molar-refractivity contribution in [3.05, 3.63) is 53.0 Å². The molecule has 1 aromatic carbocycles. The SMILES string of the molecule is O=C(O)c1cnc(Nc2cccc3cc(Br)cnc23)cn1. The van der Waals surface area contributed by atoms with Crippen LogP contribution in [0.25, 0.3) is 10.9 Å². The van der Waals surface area contributed by atoms with Gasteiger partial charge in [0.05, 0.1) is 23.6 Å². The van der Waals surface area contributed by atoms with Crippen molar-refractivity contribution in [2.24, 2.45) is 0 Å². The number of pyridine rings is 1. The summed E-state index contributed by atoms with van der Waals surface area (Å²) in [5, 5.41) is 12.9. The number of nitrogens with one attached hydrogen (secondary N) is 1. The first-order valence-corrected chi connectivity index (χ1v) is 6.79. The topological polar surface area (TPSA) is 88.0 Å². The molecule has 2 N–H and O–H groups in total. The van der Waals surface area contributed by atoms with Gasteiger partial charge in [0.1, 0.15) is 5.82 Å². The van der Waals surface area contributed by atoms with Crippen molar-refractivity contribution in [3.8, 4) is 0 Å². The summed E-state index contributed by atoms with van der Waals surface area (Å²) in [5.74, 6) is -0.650. The number of halogens is 1. The molecule has 0 unspecified atom stereocenters. The molecule has 21 heavy (non-hydrogen) atoms. The Morgan fingerprint density at radius 1 is 1.14 bits per heavy atom. The molecule has 104 valence electrons. The van der Waals surface area contributed by atoms with E-state index < -0.39 is 5.97 Å². The van der Waals surface area contributed by atoms with Gasteiger partial charge in [-0.15, -0.1) is 0 Å². The van der Waals surface area contributed by atoms with Crippen LogP contribution in [0.1, 0.15) is 10.5 Å². The largest absolute Gasteiger partial charge is 0.476 e. The number of nitrogens with zero attached hydrogens (tertiary/aromatic N) is 3. The second-order valence-electron chi connectivity index (χ2n) is 4.25. The Labute approximate surface area is 128 Å². The third kappa shape index (κ3) is 2.82. The molecule has 0 aliphatic carbocycles. The first-order chi connectivity index (χ1) is 10.1. The van der Waals surface area contributed by atoms with Crippen LogP contribution < -0.4 is 5.32 Å². The number of hydrogen-bond acceptors (Lipinski definition) is 5. The summed E-state index contributed by atoms with van der Waals surface area (Å²) in [6.07, 6.45) is 4.30. The maximum absolute atomic E-state index is 10.7. The lowest BCUT2D eigenvalue weighted by Crippen LogP contribution is -2.03. The number of anilines is 2. The van der Waals surface area contributed by atoms with Crippen molar-refractivity contribution in [2.45, 2.75) is 0 Å². The van der Waals surface area contributed by atoms with Gasteiger partial charge in [0.2, 0.25) is 0 Å². The molecule has 7 heteroatoms. The Kier molecular flexibility index (Phi) is 3.49. The molecular weight excluding hydrogens is 336 g/mol. The highest BCUT2D eigenvalue weighted by Gasteiger charge is 2.07. The predicted octanol–water partition coefficient (Wildman–Crippen LogP) is 3.23. The van der Waals surface area contributed by atoms with Crippen LogP contribution in [0.3, 0.4) is 0 Å². The normalized spacial score (nSPS) is 10.5. The molecule has 0 bridgehead atoms. The van der Waals surface area contributed by atoms with Gasteiger partial charge in [0.25, 0.3) is 0 Å². The van der Waals surface area contributed by atoms with Crippen LogP contribution in [0.5, 0.6) is 0 Å². The molecule has 0 saturated carbocycles. The Morgan fingerprint density at radius 2 is 2.00 bits per heavy atom. The van der Waals surface area contributed by atoms with Crippen molar-refractivity contribution in [3.63, 3.8) is 0 Å². The van der Waals surface area contributed by atoms with Gasteiger partial charge < -0.3 is 10.4 Å². The van der Waals surface area contributed by atoms with Crippen molar-refractivity contribution in [1.29, 1.82) is 0 Å². The van der Waals surface area contributed by atoms with Crippen molar-refractivity contribution in [1.82, 2.24) is 15.0 Å². The van der Waals surface area contributed by atoms with Crippen molar-refractivity contribution >= 4 is 44.3 Å². The Hall–Kier alpha value is -2.54. The van der Waals surface area contributed by atoms with Gasteiger partial charge in [-0.05, 0) is 28.1 Å². The standard InChI is InChI=1S/C14H9BrN4O2/c15-9-4-8-2-1-3-10(13(8)18-5-9)19-12-7-16-11(6-17-12)14(20)21/h1-7H,(H,17,19)(H,20,21). The van der Waals surface area contributed by atoms with Gasteiger partial charge in [0, 0.05) is 16.1 Å². The molecule has 0 fully saturated rings. The second kappa shape index (κ2) is 5.45. The third-order valence-electron chi connectivity index (χ3n) is 2.81. The van der Waals surface area contributed by atoms with Gasteiger partial charge in [-0.2, -0.15) is 0 Å². The molecule has 0 amide bonds. The molecule has 3 aromatic rings. The van der Waals surface area contributed by atoms with Gasteiger partial charge in [-0.25, -0.2) is 14.8 Å². The number of carbonyl (C=O) groups is 1. The fourth-order valence-electron chi connectivity index (χ4n) is 1.88. The summed E-state index contributed by atoms with van der Waals surface area (Å²) in [6, 6.07) is 7.69. The summed E-state index contributed by atoms with van der Waals surface area (Å²) >= 11 is 3.38. The molecule has 0 aliphatic heterocycles. The number of rotatable bonds is 3. The number of benzene rings is 1. The Balaban J connectivity index is 1.96. The second-order valence-corrected chi connectivity index (χ2v) is 5.16. The molecule has 6 nitrogen and oxygen atoms in total. The molecule has 0 radical (unpaired) electrons. The number of carboxylic acid groups (broad SMARTS) is 1. The van der Waals surface area contributed by atoms with E-state index in [1.807, 2.05) is 24.3 Å². The molecule has 2 aromatic heterocycles. The minimum absolute atomic E-state index is 0.0967.